The van der Waals surface area contributed by atoms with E-state index in [0.29, 0.717) is 19.1 Å². The number of aliphatic hydroxyl groups is 1. The predicted molar refractivity (Wildman–Crippen MR) is 157 cm³/mol. The molecule has 3 fully saturated rings. The first-order chi connectivity index (χ1) is 18.8. The van der Waals surface area contributed by atoms with Gasteiger partial charge in [0.15, 0.2) is 0 Å². The number of nitrogens with zero attached hydrogens (tertiary/aromatic N) is 3. The highest BCUT2D eigenvalue weighted by Crippen LogP contribution is 2.26. The molecule has 0 saturated carbocycles. The second-order valence-electron chi connectivity index (χ2n) is 11.7. The molecule has 39 heavy (non-hydrogen) atoms. The third-order valence-electron chi connectivity index (χ3n) is 8.79. The van der Waals surface area contributed by atoms with Crippen LogP contribution < -0.4 is 16.0 Å². The van der Waals surface area contributed by atoms with Gasteiger partial charge in [-0.25, -0.2) is 8.42 Å². The standard InChI is InChI=1S/C28H56N6O4S/c1-3-29-14-11-26-8-6-9-27(34(26)24(2)35)23-31-15-10-25-7-4-5-18-33(25)39(37,38)22-17-30-16-21-32-19-12-28(36)13-20-32/h25-31,36H,3-23H2,1-2H3. The lowest BCUT2D eigenvalue weighted by Gasteiger charge is -2.42. The van der Waals surface area contributed by atoms with Crippen molar-refractivity contribution in [3.8, 4) is 0 Å². The maximum Gasteiger partial charge on any atom is 0.219 e. The van der Waals surface area contributed by atoms with Crippen LogP contribution in [0.5, 0.6) is 0 Å². The molecule has 1 amide bonds. The van der Waals surface area contributed by atoms with Crippen LogP contribution in [0, 0.1) is 0 Å². The molecule has 0 bridgehead atoms. The third kappa shape index (κ3) is 10.8. The van der Waals surface area contributed by atoms with Gasteiger partial charge in [-0.15, -0.1) is 0 Å². The number of hydrogen-bond acceptors (Lipinski definition) is 8. The zero-order valence-electron chi connectivity index (χ0n) is 24.6. The van der Waals surface area contributed by atoms with Gasteiger partial charge in [-0.3, -0.25) is 4.79 Å². The number of rotatable bonds is 16. The van der Waals surface area contributed by atoms with Gasteiger partial charge in [0, 0.05) is 70.9 Å². The van der Waals surface area contributed by atoms with Crippen LogP contribution in [0.2, 0.25) is 0 Å². The minimum Gasteiger partial charge on any atom is -0.393 e. The molecule has 0 aromatic heterocycles. The molecule has 0 aromatic rings. The summed E-state index contributed by atoms with van der Waals surface area (Å²) in [6.45, 7) is 11.8. The number of carbonyl (C=O) groups is 1. The molecule has 11 heteroatoms. The van der Waals surface area contributed by atoms with Crippen LogP contribution in [-0.2, 0) is 14.8 Å². The highest BCUT2D eigenvalue weighted by molar-refractivity contribution is 7.89. The molecule has 3 aliphatic heterocycles. The first kappa shape index (κ1) is 32.7. The van der Waals surface area contributed by atoms with Crippen LogP contribution in [0.4, 0.5) is 0 Å². The molecule has 10 nitrogen and oxygen atoms in total. The van der Waals surface area contributed by atoms with E-state index in [1.807, 2.05) is 0 Å². The van der Waals surface area contributed by atoms with Crippen molar-refractivity contribution in [1.82, 2.24) is 30.1 Å². The van der Waals surface area contributed by atoms with Gasteiger partial charge in [-0.1, -0.05) is 13.3 Å². The minimum atomic E-state index is -3.30. The predicted octanol–water partition coefficient (Wildman–Crippen LogP) is 0.966. The normalized spacial score (nSPS) is 26.2. The van der Waals surface area contributed by atoms with Crippen molar-refractivity contribution >= 4 is 15.9 Å². The smallest absolute Gasteiger partial charge is 0.219 e. The Hall–Kier alpha value is -0.820. The van der Waals surface area contributed by atoms with E-state index in [9.17, 15) is 18.3 Å². The monoisotopic (exact) mass is 572 g/mol. The van der Waals surface area contributed by atoms with E-state index >= 15 is 0 Å². The number of nitrogens with one attached hydrogen (secondary N) is 3. The summed E-state index contributed by atoms with van der Waals surface area (Å²) in [5.74, 6) is 0.301. The Morgan fingerprint density at radius 1 is 0.821 bits per heavy atom. The van der Waals surface area contributed by atoms with E-state index in [0.717, 1.165) is 117 Å². The molecule has 0 aromatic carbocycles. The highest BCUT2D eigenvalue weighted by atomic mass is 32.2. The van der Waals surface area contributed by atoms with Crippen LogP contribution in [0.1, 0.15) is 78.1 Å². The highest BCUT2D eigenvalue weighted by Gasteiger charge is 2.33. The molecule has 3 rings (SSSR count). The van der Waals surface area contributed by atoms with Crippen LogP contribution in [0.3, 0.4) is 0 Å². The van der Waals surface area contributed by atoms with Gasteiger partial charge in [-0.2, -0.15) is 4.31 Å². The van der Waals surface area contributed by atoms with Crippen LogP contribution in [0.15, 0.2) is 0 Å². The molecule has 0 spiro atoms. The Labute approximate surface area is 237 Å². The Bertz CT molecular complexity index is 808. The van der Waals surface area contributed by atoms with Crippen molar-refractivity contribution in [3.05, 3.63) is 0 Å². The molecule has 3 atom stereocenters. The lowest BCUT2D eigenvalue weighted by Crippen LogP contribution is -2.54. The average Bonchev–Trinajstić information content (AvgIpc) is 2.92. The maximum atomic E-state index is 13.2. The lowest BCUT2D eigenvalue weighted by molar-refractivity contribution is -0.135. The Balaban J connectivity index is 1.38. The van der Waals surface area contributed by atoms with Gasteiger partial charge in [0.05, 0.1) is 11.9 Å². The molecule has 3 heterocycles. The Kier molecular flexibility index (Phi) is 14.4. The van der Waals surface area contributed by atoms with E-state index in [1.165, 1.54) is 0 Å². The summed E-state index contributed by atoms with van der Waals surface area (Å²) in [5.41, 5.74) is 0. The van der Waals surface area contributed by atoms with E-state index in [1.54, 1.807) is 11.2 Å². The van der Waals surface area contributed by atoms with Crippen molar-refractivity contribution in [2.24, 2.45) is 0 Å². The molecule has 3 aliphatic rings. The van der Waals surface area contributed by atoms with Gasteiger partial charge in [0.1, 0.15) is 0 Å². The maximum absolute atomic E-state index is 13.2. The Morgan fingerprint density at radius 3 is 2.26 bits per heavy atom. The largest absolute Gasteiger partial charge is 0.393 e. The first-order valence-electron chi connectivity index (χ1n) is 15.6. The SMILES string of the molecule is CCNCCC1CCCC(CNCCC2CCCCN2S(=O)(=O)CCNCCN2CCC(O)CC2)N1C(C)=O. The molecule has 228 valence electrons. The van der Waals surface area contributed by atoms with E-state index < -0.39 is 10.0 Å². The van der Waals surface area contributed by atoms with E-state index in [-0.39, 0.29) is 29.8 Å². The topological polar surface area (TPSA) is 117 Å². The molecule has 0 aliphatic carbocycles. The van der Waals surface area contributed by atoms with Crippen molar-refractivity contribution in [1.29, 1.82) is 0 Å². The number of hydrogen-bond donors (Lipinski definition) is 4. The minimum absolute atomic E-state index is 0.0548. The summed E-state index contributed by atoms with van der Waals surface area (Å²) in [7, 11) is -3.30. The summed E-state index contributed by atoms with van der Waals surface area (Å²) in [6.07, 6.45) is 9.48. The summed E-state index contributed by atoms with van der Waals surface area (Å²) < 4.78 is 28.2. The van der Waals surface area contributed by atoms with Gasteiger partial charge in [-0.05, 0) is 77.4 Å². The van der Waals surface area contributed by atoms with Crippen LogP contribution in [-0.4, -0.2) is 129 Å². The summed E-state index contributed by atoms with van der Waals surface area (Å²) in [5, 5.41) is 19.9. The molecule has 0 radical (unpaired) electrons. The fraction of sp³-hybridized carbons (Fsp3) is 0.964. The summed E-state index contributed by atoms with van der Waals surface area (Å²) in [4.78, 5) is 16.9. The summed E-state index contributed by atoms with van der Waals surface area (Å²) in [6, 6.07) is 0.580. The van der Waals surface area contributed by atoms with Crippen LogP contribution >= 0.6 is 0 Å². The zero-order valence-corrected chi connectivity index (χ0v) is 25.4. The lowest BCUT2D eigenvalue weighted by atomic mass is 9.93. The van der Waals surface area contributed by atoms with Gasteiger partial charge in [0.25, 0.3) is 0 Å². The number of amides is 1. The number of aliphatic hydroxyl groups excluding tert-OH is 1. The van der Waals surface area contributed by atoms with Gasteiger partial charge >= 0.3 is 0 Å². The quantitative estimate of drug-likeness (QED) is 0.202. The van der Waals surface area contributed by atoms with E-state index in [2.05, 4.69) is 32.7 Å². The van der Waals surface area contributed by atoms with E-state index in [4.69, 9.17) is 0 Å². The van der Waals surface area contributed by atoms with Gasteiger partial charge in [0.2, 0.25) is 15.9 Å². The first-order valence-corrected chi connectivity index (χ1v) is 17.2. The fourth-order valence-electron chi connectivity index (χ4n) is 6.60. The molecular weight excluding hydrogens is 516 g/mol. The second-order valence-corrected chi connectivity index (χ2v) is 13.7. The second kappa shape index (κ2) is 17.2. The number of sulfonamides is 1. The van der Waals surface area contributed by atoms with Crippen molar-refractivity contribution in [3.63, 3.8) is 0 Å². The fourth-order valence-corrected chi connectivity index (χ4v) is 8.31. The third-order valence-corrected chi connectivity index (χ3v) is 10.7. The van der Waals surface area contributed by atoms with Gasteiger partial charge < -0.3 is 30.9 Å². The molecule has 4 N–H and O–H groups in total. The van der Waals surface area contributed by atoms with Crippen molar-refractivity contribution in [2.75, 3.05) is 71.2 Å². The van der Waals surface area contributed by atoms with Crippen LogP contribution in [0.25, 0.3) is 0 Å². The Morgan fingerprint density at radius 2 is 1.51 bits per heavy atom. The number of piperidine rings is 3. The number of likely N-dealkylation sites (tertiary alicyclic amines) is 2. The van der Waals surface area contributed by atoms with Crippen molar-refractivity contribution in [2.45, 2.75) is 102 Å². The average molecular weight is 573 g/mol. The molecule has 3 unspecified atom stereocenters. The molecule has 3 saturated heterocycles. The number of carbonyl (C=O) groups excluding carboxylic acids is 1. The zero-order chi connectivity index (χ0) is 28.1. The van der Waals surface area contributed by atoms with Crippen molar-refractivity contribution < 1.29 is 18.3 Å². The molecular formula is C28H56N6O4S. The summed E-state index contributed by atoms with van der Waals surface area (Å²) >= 11 is 0.